The van der Waals surface area contributed by atoms with Gasteiger partial charge >= 0.3 is 5.97 Å². The number of pyridine rings is 1. The number of carbonyl (C=O) groups excluding carboxylic acids is 3. The van der Waals surface area contributed by atoms with Crippen molar-refractivity contribution >= 4 is 35.1 Å². The third-order valence-electron chi connectivity index (χ3n) is 8.13. The summed E-state index contributed by atoms with van der Waals surface area (Å²) < 4.78 is 11.2. The van der Waals surface area contributed by atoms with E-state index >= 15 is 0 Å². The van der Waals surface area contributed by atoms with Gasteiger partial charge in [0.1, 0.15) is 17.4 Å². The Labute approximate surface area is 231 Å². The molecule has 0 bridgehead atoms. The molecule has 0 unspecified atom stereocenters. The lowest BCUT2D eigenvalue weighted by atomic mass is 9.69. The molecule has 9 heteroatoms. The average Bonchev–Trinajstić information content (AvgIpc) is 3.25. The molecule has 2 fully saturated rings. The highest BCUT2D eigenvalue weighted by atomic mass is 35.5. The molecule has 1 aromatic heterocycles. The van der Waals surface area contributed by atoms with E-state index in [9.17, 15) is 14.4 Å². The van der Waals surface area contributed by atoms with Crippen LogP contribution in [0.1, 0.15) is 49.1 Å². The highest BCUT2D eigenvalue weighted by molar-refractivity contribution is 6.30. The van der Waals surface area contributed by atoms with E-state index in [1.54, 1.807) is 74.1 Å². The Morgan fingerprint density at radius 2 is 1.77 bits per heavy atom. The van der Waals surface area contributed by atoms with E-state index in [1.807, 2.05) is 0 Å². The maximum Gasteiger partial charge on any atom is 0.324 e. The normalized spacial score (nSPS) is 24.5. The van der Waals surface area contributed by atoms with Crippen molar-refractivity contribution in [2.24, 2.45) is 5.92 Å². The first-order chi connectivity index (χ1) is 18.9. The second-order valence-electron chi connectivity index (χ2n) is 10.2. The molecule has 3 heterocycles. The van der Waals surface area contributed by atoms with Crippen LogP contribution in [-0.4, -0.2) is 35.9 Å². The SMILES string of the molecule is COc1ccc2c(c1)[C@@H]1[C@@H](C(=O)O2)C(=O)N(c2ccc(Cl)cc2)[C@]1(C(=O)NC1CCCCC1)c1ccncc1. The van der Waals surface area contributed by atoms with Gasteiger partial charge in [-0.3, -0.25) is 24.3 Å². The molecule has 2 amide bonds. The van der Waals surface area contributed by atoms with Crippen LogP contribution >= 0.6 is 11.6 Å². The van der Waals surface area contributed by atoms with Gasteiger partial charge in [0, 0.05) is 40.6 Å². The summed E-state index contributed by atoms with van der Waals surface area (Å²) in [7, 11) is 1.54. The van der Waals surface area contributed by atoms with Crippen molar-refractivity contribution in [2.45, 2.75) is 49.6 Å². The van der Waals surface area contributed by atoms with Crippen LogP contribution in [0, 0.1) is 5.92 Å². The van der Waals surface area contributed by atoms with Crippen molar-refractivity contribution in [1.82, 2.24) is 10.3 Å². The van der Waals surface area contributed by atoms with Gasteiger partial charge in [0.15, 0.2) is 5.54 Å². The fourth-order valence-corrected chi connectivity index (χ4v) is 6.52. The van der Waals surface area contributed by atoms with E-state index < -0.39 is 29.3 Å². The molecule has 2 aliphatic heterocycles. The first-order valence-electron chi connectivity index (χ1n) is 13.2. The van der Waals surface area contributed by atoms with E-state index in [0.29, 0.717) is 33.3 Å². The fraction of sp³-hybridized carbons (Fsp3) is 0.333. The quantitative estimate of drug-likeness (QED) is 0.282. The number of fused-ring (bicyclic) bond motifs is 3. The summed E-state index contributed by atoms with van der Waals surface area (Å²) in [6.07, 6.45) is 8.06. The summed E-state index contributed by atoms with van der Waals surface area (Å²) in [6, 6.07) is 15.2. The molecule has 39 heavy (non-hydrogen) atoms. The predicted octanol–water partition coefficient (Wildman–Crippen LogP) is 4.75. The number of aromatic nitrogens is 1. The van der Waals surface area contributed by atoms with Crippen LogP contribution in [0.2, 0.25) is 5.02 Å². The zero-order valence-corrected chi connectivity index (χ0v) is 22.2. The highest BCUT2D eigenvalue weighted by Crippen LogP contribution is 2.58. The lowest BCUT2D eigenvalue weighted by molar-refractivity contribution is -0.144. The summed E-state index contributed by atoms with van der Waals surface area (Å²) in [5, 5.41) is 3.76. The van der Waals surface area contributed by atoms with E-state index in [4.69, 9.17) is 21.1 Å². The minimum Gasteiger partial charge on any atom is -0.497 e. The number of halogens is 1. The van der Waals surface area contributed by atoms with Crippen molar-refractivity contribution in [3.05, 3.63) is 83.1 Å². The lowest BCUT2D eigenvalue weighted by Gasteiger charge is -2.43. The number of nitrogens with zero attached hydrogens (tertiary/aromatic N) is 2. The molecule has 8 nitrogen and oxygen atoms in total. The van der Waals surface area contributed by atoms with Gasteiger partial charge in [-0.05, 0) is 73.0 Å². The van der Waals surface area contributed by atoms with Crippen LogP contribution in [-0.2, 0) is 19.9 Å². The summed E-state index contributed by atoms with van der Waals surface area (Å²) in [5.41, 5.74) is -0.0626. The van der Waals surface area contributed by atoms with Gasteiger partial charge < -0.3 is 14.8 Å². The number of hydrogen-bond acceptors (Lipinski definition) is 6. The molecule has 1 saturated carbocycles. The van der Waals surface area contributed by atoms with Crippen molar-refractivity contribution in [3.8, 4) is 11.5 Å². The van der Waals surface area contributed by atoms with Crippen LogP contribution in [0.5, 0.6) is 11.5 Å². The molecule has 6 rings (SSSR count). The molecule has 3 aliphatic rings. The van der Waals surface area contributed by atoms with E-state index in [-0.39, 0.29) is 11.9 Å². The number of carbonyl (C=O) groups is 3. The molecule has 3 aromatic rings. The highest BCUT2D eigenvalue weighted by Gasteiger charge is 2.69. The van der Waals surface area contributed by atoms with Gasteiger partial charge in [0.05, 0.1) is 7.11 Å². The van der Waals surface area contributed by atoms with Crippen molar-refractivity contribution in [2.75, 3.05) is 12.0 Å². The first-order valence-corrected chi connectivity index (χ1v) is 13.5. The minimum atomic E-state index is -1.61. The maximum atomic E-state index is 14.8. The molecule has 0 spiro atoms. The third-order valence-corrected chi connectivity index (χ3v) is 8.38. The zero-order valence-electron chi connectivity index (χ0n) is 21.4. The Hall–Kier alpha value is -3.91. The zero-order chi connectivity index (χ0) is 27.1. The minimum absolute atomic E-state index is 0.0356. The Bertz CT molecular complexity index is 1420. The van der Waals surface area contributed by atoms with E-state index in [1.165, 1.54) is 4.90 Å². The standard InChI is InChI=1S/C30H28ClN3O5/c1-38-22-11-12-24-23(17-22)26-25(28(36)39-24)27(35)34(21-9-7-19(31)8-10-21)30(26,18-13-15-32-16-14-18)29(37)33-20-5-3-2-4-6-20/h7-17,20,25-26H,2-6H2,1H3,(H,33,37)/t25-,26-,30-/m1/s1. The second-order valence-corrected chi connectivity index (χ2v) is 10.7. The molecular formula is C30H28ClN3O5. The van der Waals surface area contributed by atoms with Crippen molar-refractivity contribution in [3.63, 3.8) is 0 Å². The first kappa shape index (κ1) is 25.4. The number of esters is 1. The van der Waals surface area contributed by atoms with Gasteiger partial charge in [-0.15, -0.1) is 0 Å². The van der Waals surface area contributed by atoms with Crippen LogP contribution in [0.25, 0.3) is 0 Å². The predicted molar refractivity (Wildman–Crippen MR) is 145 cm³/mol. The summed E-state index contributed by atoms with van der Waals surface area (Å²) in [6.45, 7) is 0. The fourth-order valence-electron chi connectivity index (χ4n) is 6.39. The second kappa shape index (κ2) is 10.0. The number of benzene rings is 2. The van der Waals surface area contributed by atoms with Gasteiger partial charge in [0.2, 0.25) is 5.91 Å². The molecule has 1 saturated heterocycles. The summed E-state index contributed by atoms with van der Waals surface area (Å²) >= 11 is 6.20. The average molecular weight is 546 g/mol. The monoisotopic (exact) mass is 545 g/mol. The number of rotatable bonds is 5. The van der Waals surface area contributed by atoms with Gasteiger partial charge in [-0.1, -0.05) is 30.9 Å². The molecule has 1 N–H and O–H groups in total. The molecule has 2 aromatic carbocycles. The number of ether oxygens (including phenoxy) is 2. The third kappa shape index (κ3) is 4.05. The Morgan fingerprint density at radius 1 is 1.05 bits per heavy atom. The topological polar surface area (TPSA) is 97.8 Å². The van der Waals surface area contributed by atoms with Gasteiger partial charge in [0.25, 0.3) is 5.91 Å². The van der Waals surface area contributed by atoms with Crippen molar-refractivity contribution < 1.29 is 23.9 Å². The van der Waals surface area contributed by atoms with E-state index in [0.717, 1.165) is 32.1 Å². The van der Waals surface area contributed by atoms with Crippen LogP contribution in [0.15, 0.2) is 67.0 Å². The molecule has 3 atom stereocenters. The molecule has 0 radical (unpaired) electrons. The molecule has 200 valence electrons. The number of nitrogens with one attached hydrogen (secondary N) is 1. The van der Waals surface area contributed by atoms with Crippen molar-refractivity contribution in [1.29, 1.82) is 0 Å². The lowest BCUT2D eigenvalue weighted by Crippen LogP contribution is -2.59. The smallest absolute Gasteiger partial charge is 0.324 e. The summed E-state index contributed by atoms with van der Waals surface area (Å²) in [5.74, 6) is -2.86. The van der Waals surface area contributed by atoms with Crippen LogP contribution in [0.4, 0.5) is 5.69 Å². The van der Waals surface area contributed by atoms with Crippen LogP contribution < -0.4 is 19.7 Å². The summed E-state index contributed by atoms with van der Waals surface area (Å²) in [4.78, 5) is 48.3. The van der Waals surface area contributed by atoms with Gasteiger partial charge in [-0.2, -0.15) is 0 Å². The van der Waals surface area contributed by atoms with E-state index in [2.05, 4.69) is 10.3 Å². The number of methoxy groups -OCH3 is 1. The Kier molecular flexibility index (Phi) is 6.51. The number of amides is 2. The van der Waals surface area contributed by atoms with Crippen LogP contribution in [0.3, 0.4) is 0 Å². The Balaban J connectivity index is 1.64. The molecule has 1 aliphatic carbocycles. The number of anilines is 1. The Morgan fingerprint density at radius 3 is 2.46 bits per heavy atom. The molecular weight excluding hydrogens is 518 g/mol. The maximum absolute atomic E-state index is 14.8. The largest absolute Gasteiger partial charge is 0.497 e. The van der Waals surface area contributed by atoms with Gasteiger partial charge in [-0.25, -0.2) is 0 Å². The number of hydrogen-bond donors (Lipinski definition) is 1.